The van der Waals surface area contributed by atoms with Crippen molar-refractivity contribution >= 4 is 11.8 Å². The Balaban J connectivity index is 1.46. The fourth-order valence-corrected chi connectivity index (χ4v) is 3.17. The van der Waals surface area contributed by atoms with Crippen molar-refractivity contribution in [1.82, 2.24) is 19.6 Å². The highest BCUT2D eigenvalue weighted by atomic mass is 16.2. The van der Waals surface area contributed by atoms with Gasteiger partial charge in [-0.15, -0.1) is 0 Å². The van der Waals surface area contributed by atoms with Crippen molar-refractivity contribution in [3.05, 3.63) is 28.7 Å². The topological polar surface area (TPSA) is 102 Å². The van der Waals surface area contributed by atoms with E-state index in [-0.39, 0.29) is 29.8 Å². The van der Waals surface area contributed by atoms with Gasteiger partial charge < -0.3 is 10.6 Å². The molecular formula is C15H21N5O3. The summed E-state index contributed by atoms with van der Waals surface area (Å²) in [5.41, 5.74) is 5.07. The number of primary amides is 1. The number of rotatable bonds is 4. The van der Waals surface area contributed by atoms with Crippen LogP contribution >= 0.6 is 0 Å². The first-order valence-electron chi connectivity index (χ1n) is 7.88. The molecule has 2 fully saturated rings. The highest BCUT2D eigenvalue weighted by Gasteiger charge is 2.36. The monoisotopic (exact) mass is 319 g/mol. The Bertz CT molecular complexity index is 645. The van der Waals surface area contributed by atoms with E-state index in [4.69, 9.17) is 5.73 Å². The van der Waals surface area contributed by atoms with Gasteiger partial charge in [0.05, 0.1) is 0 Å². The fraction of sp³-hybridized carbons (Fsp3) is 0.600. The normalized spacial score (nSPS) is 20.3. The lowest BCUT2D eigenvalue weighted by Crippen LogP contribution is -2.63. The second-order valence-corrected chi connectivity index (χ2v) is 6.18. The molecule has 0 unspecified atom stereocenters. The van der Waals surface area contributed by atoms with Gasteiger partial charge in [0.2, 0.25) is 11.8 Å². The summed E-state index contributed by atoms with van der Waals surface area (Å²) < 4.78 is 1.17. The molecule has 0 aliphatic carbocycles. The maximum absolute atomic E-state index is 12.2. The highest BCUT2D eigenvalue weighted by molar-refractivity contribution is 5.77. The Labute approximate surface area is 133 Å². The molecule has 0 saturated carbocycles. The average molecular weight is 319 g/mol. The number of nitrogens with zero attached hydrogens (tertiary/aromatic N) is 4. The van der Waals surface area contributed by atoms with E-state index < -0.39 is 0 Å². The minimum atomic E-state index is -0.272. The van der Waals surface area contributed by atoms with Gasteiger partial charge in [-0.3, -0.25) is 19.3 Å². The molecular weight excluding hydrogens is 298 g/mol. The molecule has 0 spiro atoms. The summed E-state index contributed by atoms with van der Waals surface area (Å²) in [6, 6.07) is 3.29. The Morgan fingerprint density at radius 1 is 1.26 bits per heavy atom. The number of piperidine rings is 1. The lowest BCUT2D eigenvalue weighted by atomic mass is 9.94. The molecule has 8 heteroatoms. The van der Waals surface area contributed by atoms with E-state index in [0.29, 0.717) is 19.1 Å². The highest BCUT2D eigenvalue weighted by Crippen LogP contribution is 2.23. The van der Waals surface area contributed by atoms with Crippen LogP contribution in [0.2, 0.25) is 0 Å². The quantitative estimate of drug-likeness (QED) is 0.739. The molecule has 0 aromatic carbocycles. The molecule has 2 N–H and O–H groups in total. The lowest BCUT2D eigenvalue weighted by Gasteiger charge is -2.47. The largest absolute Gasteiger partial charge is 0.369 e. The van der Waals surface area contributed by atoms with Crippen molar-refractivity contribution in [3.8, 4) is 0 Å². The van der Waals surface area contributed by atoms with Gasteiger partial charge in [-0.2, -0.15) is 5.10 Å². The minimum absolute atomic E-state index is 0.0138. The van der Waals surface area contributed by atoms with E-state index in [1.165, 1.54) is 16.9 Å². The maximum Gasteiger partial charge on any atom is 0.267 e. The van der Waals surface area contributed by atoms with E-state index in [1.807, 2.05) is 0 Å². The molecule has 3 heterocycles. The summed E-state index contributed by atoms with van der Waals surface area (Å²) in [4.78, 5) is 39.0. The molecule has 124 valence electrons. The SMILES string of the molecule is NC(=O)C1CCN(C2CN(C(=O)Cn3ncccc3=O)C2)CC1. The van der Waals surface area contributed by atoms with Crippen LogP contribution in [0.5, 0.6) is 0 Å². The van der Waals surface area contributed by atoms with E-state index >= 15 is 0 Å². The van der Waals surface area contributed by atoms with Crippen molar-refractivity contribution in [2.45, 2.75) is 25.4 Å². The van der Waals surface area contributed by atoms with E-state index in [1.54, 1.807) is 11.0 Å². The number of nitrogens with two attached hydrogens (primary N) is 1. The summed E-state index contributed by atoms with van der Waals surface area (Å²) in [6.07, 6.45) is 3.09. The zero-order chi connectivity index (χ0) is 16.4. The molecule has 1 aromatic rings. The standard InChI is InChI=1S/C15H21N5O3/c16-15(23)11-3-6-18(7-4-11)12-8-19(9-12)14(22)10-20-13(21)2-1-5-17-20/h1-2,5,11-12H,3-4,6-10H2,(H2,16,23). The van der Waals surface area contributed by atoms with Crippen molar-refractivity contribution < 1.29 is 9.59 Å². The summed E-state index contributed by atoms with van der Waals surface area (Å²) in [7, 11) is 0. The summed E-state index contributed by atoms with van der Waals surface area (Å²) in [5, 5.41) is 3.90. The molecule has 0 atom stereocenters. The zero-order valence-corrected chi connectivity index (χ0v) is 12.9. The van der Waals surface area contributed by atoms with Gasteiger partial charge in [-0.25, -0.2) is 4.68 Å². The van der Waals surface area contributed by atoms with E-state index in [0.717, 1.165) is 25.9 Å². The number of carbonyl (C=O) groups excluding carboxylic acids is 2. The third-order valence-electron chi connectivity index (χ3n) is 4.73. The molecule has 3 rings (SSSR count). The summed E-state index contributed by atoms with van der Waals surface area (Å²) >= 11 is 0. The Kier molecular flexibility index (Phi) is 4.42. The molecule has 23 heavy (non-hydrogen) atoms. The number of hydrogen-bond donors (Lipinski definition) is 1. The first kappa shape index (κ1) is 15.7. The van der Waals surface area contributed by atoms with Gasteiger partial charge in [-0.05, 0) is 32.0 Å². The molecule has 0 bridgehead atoms. The first-order chi connectivity index (χ1) is 11.0. The molecule has 2 aliphatic rings. The van der Waals surface area contributed by atoms with Crippen molar-refractivity contribution in [2.75, 3.05) is 26.2 Å². The Hall–Kier alpha value is -2.22. The number of aromatic nitrogens is 2. The smallest absolute Gasteiger partial charge is 0.267 e. The van der Waals surface area contributed by atoms with Crippen molar-refractivity contribution in [2.24, 2.45) is 11.7 Å². The molecule has 0 radical (unpaired) electrons. The van der Waals surface area contributed by atoms with Crippen LogP contribution in [-0.2, 0) is 16.1 Å². The minimum Gasteiger partial charge on any atom is -0.369 e. The first-order valence-corrected chi connectivity index (χ1v) is 7.88. The fourth-order valence-electron chi connectivity index (χ4n) is 3.17. The predicted molar refractivity (Wildman–Crippen MR) is 82.4 cm³/mol. The van der Waals surface area contributed by atoms with Gasteiger partial charge in [0.15, 0.2) is 0 Å². The van der Waals surface area contributed by atoms with Gasteiger partial charge in [0.1, 0.15) is 6.54 Å². The van der Waals surface area contributed by atoms with Crippen LogP contribution < -0.4 is 11.3 Å². The van der Waals surface area contributed by atoms with Gasteiger partial charge in [0, 0.05) is 37.3 Å². The number of likely N-dealkylation sites (tertiary alicyclic amines) is 2. The summed E-state index contributed by atoms with van der Waals surface area (Å²) in [6.45, 7) is 3.01. The molecule has 1 aromatic heterocycles. The second-order valence-electron chi connectivity index (χ2n) is 6.18. The second kappa shape index (κ2) is 6.49. The van der Waals surface area contributed by atoms with Crippen LogP contribution in [0.25, 0.3) is 0 Å². The maximum atomic E-state index is 12.2. The van der Waals surface area contributed by atoms with Crippen LogP contribution in [0.1, 0.15) is 12.8 Å². The van der Waals surface area contributed by atoms with Crippen molar-refractivity contribution in [1.29, 1.82) is 0 Å². The van der Waals surface area contributed by atoms with Crippen LogP contribution in [0.4, 0.5) is 0 Å². The molecule has 8 nitrogen and oxygen atoms in total. The molecule has 2 amide bonds. The summed E-state index contributed by atoms with van der Waals surface area (Å²) in [5.74, 6) is -0.315. The number of carbonyl (C=O) groups is 2. The number of amides is 2. The van der Waals surface area contributed by atoms with Crippen molar-refractivity contribution in [3.63, 3.8) is 0 Å². The van der Waals surface area contributed by atoms with Crippen LogP contribution in [0.3, 0.4) is 0 Å². The number of hydrogen-bond acceptors (Lipinski definition) is 5. The molecule has 2 saturated heterocycles. The zero-order valence-electron chi connectivity index (χ0n) is 12.9. The Morgan fingerprint density at radius 2 is 1.96 bits per heavy atom. The van der Waals surface area contributed by atoms with Crippen LogP contribution in [0, 0.1) is 5.92 Å². The van der Waals surface area contributed by atoms with Gasteiger partial charge in [-0.1, -0.05) is 0 Å². The Morgan fingerprint density at radius 3 is 2.57 bits per heavy atom. The van der Waals surface area contributed by atoms with E-state index in [9.17, 15) is 14.4 Å². The van der Waals surface area contributed by atoms with Gasteiger partial charge in [0.25, 0.3) is 5.56 Å². The third kappa shape index (κ3) is 3.42. The lowest BCUT2D eigenvalue weighted by molar-refractivity contribution is -0.140. The van der Waals surface area contributed by atoms with Crippen LogP contribution in [-0.4, -0.2) is 63.6 Å². The molecule has 2 aliphatic heterocycles. The van der Waals surface area contributed by atoms with E-state index in [2.05, 4.69) is 10.00 Å². The van der Waals surface area contributed by atoms with Crippen LogP contribution in [0.15, 0.2) is 23.1 Å². The van der Waals surface area contributed by atoms with Gasteiger partial charge >= 0.3 is 0 Å². The predicted octanol–water partition coefficient (Wildman–Crippen LogP) is -1.35. The third-order valence-corrected chi connectivity index (χ3v) is 4.73. The average Bonchev–Trinajstić information content (AvgIpc) is 2.48.